The van der Waals surface area contributed by atoms with E-state index in [2.05, 4.69) is 6.08 Å². The molecule has 1 aliphatic carbocycles. The number of carbonyl (C=O) groups is 1. The van der Waals surface area contributed by atoms with Crippen LogP contribution >= 0.6 is 0 Å². The topological polar surface area (TPSA) is 190 Å². The Morgan fingerprint density at radius 2 is 1.56 bits per heavy atom. The Morgan fingerprint density at radius 3 is 2.27 bits per heavy atom. The highest BCUT2D eigenvalue weighted by atomic mass is 16.7. The van der Waals surface area contributed by atoms with Gasteiger partial charge in [-0.1, -0.05) is 57.2 Å². The Balaban J connectivity index is 1.19. The van der Waals surface area contributed by atoms with Crippen LogP contribution in [0.1, 0.15) is 87.5 Å². The minimum atomic E-state index is -1.87. The van der Waals surface area contributed by atoms with Gasteiger partial charge in [0.1, 0.15) is 42.0 Å². The first-order chi connectivity index (χ1) is 29.9. The molecule has 4 N–H and O–H groups in total. The van der Waals surface area contributed by atoms with Crippen LogP contribution in [-0.4, -0.2) is 151 Å². The van der Waals surface area contributed by atoms with Gasteiger partial charge in [-0.25, -0.2) is 0 Å². The lowest BCUT2D eigenvalue weighted by Gasteiger charge is -2.48. The fraction of sp³-hybridized carbons (Fsp3) is 0.771. The summed E-state index contributed by atoms with van der Waals surface area (Å²) >= 11 is 0. The molecule has 0 aromatic rings. The number of aliphatic hydroxyl groups is 4. The molecule has 4 fully saturated rings. The smallest absolute Gasteiger partial charge is 0.316 e. The summed E-state index contributed by atoms with van der Waals surface area (Å²) in [6.45, 7) is 15.2. The van der Waals surface area contributed by atoms with E-state index >= 15 is 0 Å². The van der Waals surface area contributed by atoms with E-state index in [0.29, 0.717) is 36.8 Å². The van der Waals surface area contributed by atoms with Crippen molar-refractivity contribution in [2.75, 3.05) is 20.8 Å². The quantitative estimate of drug-likeness (QED) is 0.199. The molecule has 6 aliphatic heterocycles. The van der Waals surface area contributed by atoms with Crippen molar-refractivity contribution >= 4 is 5.97 Å². The van der Waals surface area contributed by atoms with Gasteiger partial charge in [0.2, 0.25) is 0 Å². The highest BCUT2D eigenvalue weighted by Crippen LogP contribution is 2.47. The van der Waals surface area contributed by atoms with Crippen LogP contribution in [0.2, 0.25) is 0 Å². The normalized spacial score (nSPS) is 49.1. The van der Waals surface area contributed by atoms with E-state index in [1.54, 1.807) is 47.1 Å². The molecule has 21 atom stereocenters. The highest BCUT2D eigenvalue weighted by molar-refractivity contribution is 5.78. The monoisotopic (exact) mass is 888 g/mol. The van der Waals surface area contributed by atoms with Gasteiger partial charge < -0.3 is 67.8 Å². The number of methoxy groups -OCH3 is 2. The summed E-state index contributed by atoms with van der Waals surface area (Å²) < 4.78 is 63.4. The number of esters is 1. The van der Waals surface area contributed by atoms with Crippen molar-refractivity contribution in [3.8, 4) is 0 Å². The molecule has 63 heavy (non-hydrogen) atoms. The minimum absolute atomic E-state index is 0.00327. The largest absolute Gasteiger partial charge is 0.462 e. The Morgan fingerprint density at radius 1 is 0.857 bits per heavy atom. The number of ether oxygens (including phenoxy) is 10. The highest BCUT2D eigenvalue weighted by Gasteiger charge is 2.60. The first-order valence-corrected chi connectivity index (χ1v) is 22.9. The third kappa shape index (κ3) is 10.0. The molecule has 21 unspecified atom stereocenters. The summed E-state index contributed by atoms with van der Waals surface area (Å²) in [5.74, 6) is -3.45. The second-order valence-electron chi connectivity index (χ2n) is 19.2. The lowest BCUT2D eigenvalue weighted by molar-refractivity contribution is -0.318. The number of hydrogen-bond acceptors (Lipinski definition) is 15. The second-order valence-corrected chi connectivity index (χ2v) is 19.2. The van der Waals surface area contributed by atoms with Crippen molar-refractivity contribution in [2.24, 2.45) is 23.7 Å². The van der Waals surface area contributed by atoms with Gasteiger partial charge in [0.15, 0.2) is 18.4 Å². The first kappa shape index (κ1) is 48.6. The average Bonchev–Trinajstić information content (AvgIpc) is 3.58. The van der Waals surface area contributed by atoms with E-state index in [-0.39, 0.29) is 36.9 Å². The van der Waals surface area contributed by atoms with Gasteiger partial charge in [0.05, 0.1) is 55.4 Å². The molecule has 0 saturated carbocycles. The van der Waals surface area contributed by atoms with Crippen LogP contribution in [0.25, 0.3) is 0 Å². The van der Waals surface area contributed by atoms with Crippen LogP contribution in [0.4, 0.5) is 0 Å². The molecule has 0 aromatic heterocycles. The van der Waals surface area contributed by atoms with Gasteiger partial charge in [0.25, 0.3) is 0 Å². The van der Waals surface area contributed by atoms with Crippen molar-refractivity contribution in [3.05, 3.63) is 59.3 Å². The van der Waals surface area contributed by atoms with E-state index in [1.807, 2.05) is 58.9 Å². The van der Waals surface area contributed by atoms with E-state index < -0.39 is 109 Å². The summed E-state index contributed by atoms with van der Waals surface area (Å²) in [6, 6.07) is 0. The fourth-order valence-corrected chi connectivity index (χ4v) is 10.6. The molecule has 7 rings (SSSR count). The third-order valence-electron chi connectivity index (χ3n) is 14.6. The van der Waals surface area contributed by atoms with Crippen LogP contribution in [0.5, 0.6) is 0 Å². The number of fused-ring (bicyclic) bond motifs is 2. The molecule has 1 spiro atoms. The molecular formula is C48H72O15. The van der Waals surface area contributed by atoms with Crippen molar-refractivity contribution < 1.29 is 72.6 Å². The summed E-state index contributed by atoms with van der Waals surface area (Å²) in [4.78, 5) is 14.4. The zero-order valence-electron chi connectivity index (χ0n) is 38.5. The third-order valence-corrected chi connectivity index (χ3v) is 14.6. The van der Waals surface area contributed by atoms with E-state index in [1.165, 1.54) is 0 Å². The zero-order chi connectivity index (χ0) is 45.5. The van der Waals surface area contributed by atoms with E-state index in [4.69, 9.17) is 47.4 Å². The molecule has 0 radical (unpaired) electrons. The van der Waals surface area contributed by atoms with Gasteiger partial charge in [-0.2, -0.15) is 0 Å². The molecule has 0 aromatic carbocycles. The molecule has 2 bridgehead atoms. The molecule has 15 heteroatoms. The molecule has 15 nitrogen and oxygen atoms in total. The minimum Gasteiger partial charge on any atom is -0.462 e. The number of allylic oxidation sites excluding steroid dienone is 2. The molecule has 0 amide bonds. The van der Waals surface area contributed by atoms with Gasteiger partial charge in [0, 0.05) is 57.7 Å². The number of carbonyl (C=O) groups excluding carboxylic acids is 1. The van der Waals surface area contributed by atoms with Crippen LogP contribution in [0.3, 0.4) is 0 Å². The molecule has 6 heterocycles. The Labute approximate surface area is 372 Å². The second kappa shape index (κ2) is 19.9. The summed E-state index contributed by atoms with van der Waals surface area (Å²) in [6.07, 6.45) is 5.85. The number of rotatable bonds is 8. The van der Waals surface area contributed by atoms with Crippen molar-refractivity contribution in [2.45, 2.75) is 191 Å². The maximum Gasteiger partial charge on any atom is 0.316 e. The van der Waals surface area contributed by atoms with Crippen molar-refractivity contribution in [1.29, 1.82) is 0 Å². The van der Waals surface area contributed by atoms with Gasteiger partial charge in [-0.15, -0.1) is 0 Å². The molecule has 354 valence electrons. The average molecular weight is 889 g/mol. The van der Waals surface area contributed by atoms with Gasteiger partial charge in [-0.05, 0) is 63.8 Å². The number of hydrogen-bond donors (Lipinski definition) is 4. The van der Waals surface area contributed by atoms with Crippen molar-refractivity contribution in [1.82, 2.24) is 0 Å². The maximum atomic E-state index is 14.4. The summed E-state index contributed by atoms with van der Waals surface area (Å²) in [7, 11) is 3.20. The lowest BCUT2D eigenvalue weighted by atomic mass is 9.71. The molecule has 7 aliphatic rings. The van der Waals surface area contributed by atoms with E-state index in [0.717, 1.165) is 5.57 Å². The Hall–Kier alpha value is -2.35. The summed E-state index contributed by atoms with van der Waals surface area (Å²) in [5, 5.41) is 44.8. The van der Waals surface area contributed by atoms with Crippen LogP contribution in [-0.2, 0) is 52.2 Å². The van der Waals surface area contributed by atoms with Gasteiger partial charge in [-0.3, -0.25) is 4.79 Å². The zero-order valence-corrected chi connectivity index (χ0v) is 38.5. The van der Waals surface area contributed by atoms with Crippen LogP contribution < -0.4 is 0 Å². The van der Waals surface area contributed by atoms with Crippen LogP contribution in [0, 0.1) is 23.7 Å². The fourth-order valence-electron chi connectivity index (χ4n) is 10.6. The Bertz CT molecular complexity index is 1760. The first-order valence-electron chi connectivity index (χ1n) is 22.9. The Kier molecular flexibility index (Phi) is 15.3. The van der Waals surface area contributed by atoms with Gasteiger partial charge >= 0.3 is 5.97 Å². The lowest BCUT2D eigenvalue weighted by Crippen LogP contribution is -2.58. The predicted molar refractivity (Wildman–Crippen MR) is 229 cm³/mol. The van der Waals surface area contributed by atoms with E-state index in [9.17, 15) is 25.2 Å². The molecule has 4 saturated heterocycles. The van der Waals surface area contributed by atoms with Crippen LogP contribution in [0.15, 0.2) is 59.3 Å². The SMILES string of the molecule is COC1CC(OC2C(C)OC(OC3/C(C)=C/CC4CC(CC5(C=CC(C)C(C(C)C(C)O)O5)O4)OC(=O)C4C=C(C)C(O)C5OC/C(=C\C=C\C3C)C45O)CC2OC)OC(C)C1O. The number of aliphatic hydroxyl groups excluding tert-OH is 3. The summed E-state index contributed by atoms with van der Waals surface area (Å²) in [5.41, 5.74) is 0.0189. The maximum absolute atomic E-state index is 14.4. The molecular weight excluding hydrogens is 817 g/mol. The van der Waals surface area contributed by atoms with Crippen molar-refractivity contribution in [3.63, 3.8) is 0 Å². The predicted octanol–water partition coefficient (Wildman–Crippen LogP) is 4.35. The standard InChI is InChI=1S/C48H72O15/c1-24-12-11-13-32-23-56-45-40(50)27(4)18-35(48(32,45)53)46(52)59-34-19-33(62-47(22-34)17-16-26(3)43(63-47)28(5)29(6)49)15-14-25(2)42(24)60-39-21-37(55-10)44(31(8)58-39)61-38-20-36(54-9)41(51)30(7)57-38/h11-14,16-18,24,26,28-31,33-45,49-51,53H,15,19-23H2,1-10H3/b12-11+,25-14+,32-13+.